The van der Waals surface area contributed by atoms with E-state index in [0.717, 1.165) is 15.3 Å². The van der Waals surface area contributed by atoms with Crippen molar-refractivity contribution in [2.24, 2.45) is 0 Å². The number of carbonyl (C=O) groups is 1. The highest BCUT2D eigenvalue weighted by molar-refractivity contribution is 7.99. The monoisotopic (exact) mass is 427 g/mol. The maximum atomic E-state index is 13.0. The smallest absolute Gasteiger partial charge is 0.263 e. The van der Waals surface area contributed by atoms with Gasteiger partial charge in [-0.1, -0.05) is 55.1 Å². The van der Waals surface area contributed by atoms with Gasteiger partial charge in [-0.3, -0.25) is 14.2 Å². The summed E-state index contributed by atoms with van der Waals surface area (Å²) < 4.78 is 1.60. The third kappa shape index (κ3) is 4.79. The predicted octanol–water partition coefficient (Wildman–Crippen LogP) is 4.27. The second-order valence-corrected chi connectivity index (χ2v) is 9.11. The minimum Gasteiger partial charge on any atom is -0.355 e. The van der Waals surface area contributed by atoms with Gasteiger partial charge < -0.3 is 5.32 Å². The Labute approximate surface area is 178 Å². The molecule has 2 aromatic heterocycles. The van der Waals surface area contributed by atoms with Crippen molar-refractivity contribution in [1.29, 1.82) is 0 Å². The Morgan fingerprint density at radius 2 is 2.07 bits per heavy atom. The topological polar surface area (TPSA) is 64.0 Å². The van der Waals surface area contributed by atoms with Crippen molar-refractivity contribution in [2.75, 3.05) is 12.3 Å². The van der Waals surface area contributed by atoms with Gasteiger partial charge in [0.05, 0.1) is 11.1 Å². The summed E-state index contributed by atoms with van der Waals surface area (Å²) in [5.74, 6) is 0.367. The Bertz CT molecular complexity index is 1090. The van der Waals surface area contributed by atoms with Crippen LogP contribution in [0.25, 0.3) is 10.2 Å². The summed E-state index contributed by atoms with van der Waals surface area (Å²) in [6, 6.07) is 10.1. The molecule has 0 aliphatic rings. The SMILES string of the molecule is C=CCn1c(SCC(=O)NC[C@H](C)c2ccccc2)nc2sc(C)c(C)c2c1=O. The highest BCUT2D eigenvalue weighted by Crippen LogP contribution is 2.28. The molecule has 0 aliphatic heterocycles. The van der Waals surface area contributed by atoms with Crippen LogP contribution in [0, 0.1) is 13.8 Å². The van der Waals surface area contributed by atoms with Crippen LogP contribution >= 0.6 is 23.1 Å². The fourth-order valence-corrected chi connectivity index (χ4v) is 4.97. The molecular formula is C22H25N3O2S2. The lowest BCUT2D eigenvalue weighted by molar-refractivity contribution is -0.118. The van der Waals surface area contributed by atoms with E-state index in [1.165, 1.54) is 28.7 Å². The number of allylic oxidation sites excluding steroid dienone is 1. The number of nitrogens with one attached hydrogen (secondary N) is 1. The number of carbonyl (C=O) groups excluding carboxylic acids is 1. The molecule has 0 radical (unpaired) electrons. The predicted molar refractivity (Wildman–Crippen MR) is 122 cm³/mol. The van der Waals surface area contributed by atoms with Crippen LogP contribution in [0.15, 0.2) is 52.9 Å². The molecule has 152 valence electrons. The van der Waals surface area contributed by atoms with Crippen LogP contribution in [-0.2, 0) is 11.3 Å². The second-order valence-electron chi connectivity index (χ2n) is 6.97. The molecule has 5 nitrogen and oxygen atoms in total. The number of rotatable bonds is 8. The van der Waals surface area contributed by atoms with Gasteiger partial charge in [-0.2, -0.15) is 0 Å². The summed E-state index contributed by atoms with van der Waals surface area (Å²) in [6.07, 6.45) is 1.68. The number of fused-ring (bicyclic) bond motifs is 1. The summed E-state index contributed by atoms with van der Waals surface area (Å²) in [6.45, 7) is 10.7. The van der Waals surface area contributed by atoms with Gasteiger partial charge in [0.25, 0.3) is 5.56 Å². The number of hydrogen-bond donors (Lipinski definition) is 1. The van der Waals surface area contributed by atoms with Gasteiger partial charge in [0.15, 0.2) is 5.16 Å². The molecule has 0 unspecified atom stereocenters. The lowest BCUT2D eigenvalue weighted by atomic mass is 10.0. The molecule has 0 saturated heterocycles. The first kappa shape index (κ1) is 21.3. The molecule has 1 N–H and O–H groups in total. The number of aryl methyl sites for hydroxylation is 2. The molecular weight excluding hydrogens is 402 g/mol. The Morgan fingerprint density at radius 3 is 2.76 bits per heavy atom. The normalized spacial score (nSPS) is 12.1. The summed E-state index contributed by atoms with van der Waals surface area (Å²) in [4.78, 5) is 31.8. The molecule has 0 fully saturated rings. The van der Waals surface area contributed by atoms with E-state index in [2.05, 4.69) is 35.9 Å². The van der Waals surface area contributed by atoms with Crippen LogP contribution in [0.4, 0.5) is 0 Å². The van der Waals surface area contributed by atoms with Crippen LogP contribution in [0.3, 0.4) is 0 Å². The zero-order valence-corrected chi connectivity index (χ0v) is 18.5. The fourth-order valence-electron chi connectivity index (χ4n) is 3.06. The number of aromatic nitrogens is 2. The lowest BCUT2D eigenvalue weighted by Gasteiger charge is -2.13. The van der Waals surface area contributed by atoms with E-state index >= 15 is 0 Å². The number of nitrogens with zero attached hydrogens (tertiary/aromatic N) is 2. The number of hydrogen-bond acceptors (Lipinski definition) is 5. The van der Waals surface area contributed by atoms with E-state index < -0.39 is 0 Å². The molecule has 1 atom stereocenters. The van der Waals surface area contributed by atoms with E-state index in [4.69, 9.17) is 0 Å². The Balaban J connectivity index is 1.71. The summed E-state index contributed by atoms with van der Waals surface area (Å²) >= 11 is 2.80. The van der Waals surface area contributed by atoms with Crippen LogP contribution in [-0.4, -0.2) is 27.8 Å². The lowest BCUT2D eigenvalue weighted by Crippen LogP contribution is -2.29. The number of amides is 1. The third-order valence-electron chi connectivity index (χ3n) is 4.87. The van der Waals surface area contributed by atoms with E-state index in [9.17, 15) is 9.59 Å². The first-order chi connectivity index (χ1) is 13.9. The zero-order chi connectivity index (χ0) is 21.0. The van der Waals surface area contributed by atoms with Crippen LogP contribution in [0.2, 0.25) is 0 Å². The average Bonchev–Trinajstić information content (AvgIpc) is 3.01. The van der Waals surface area contributed by atoms with Crippen molar-refractivity contribution in [2.45, 2.75) is 38.4 Å². The molecule has 3 rings (SSSR count). The summed E-state index contributed by atoms with van der Waals surface area (Å²) in [5.41, 5.74) is 2.10. The standard InChI is InChI=1S/C22H25N3O2S2/c1-5-11-25-21(27)19-15(3)16(4)29-20(19)24-22(25)28-13-18(26)23-12-14(2)17-9-7-6-8-10-17/h5-10,14H,1,11-13H2,2-4H3,(H,23,26)/t14-/m0/s1. The van der Waals surface area contributed by atoms with Crippen LogP contribution in [0.5, 0.6) is 0 Å². The third-order valence-corrected chi connectivity index (χ3v) is 6.95. The van der Waals surface area contributed by atoms with Crippen molar-refractivity contribution in [3.05, 3.63) is 69.3 Å². The molecule has 7 heteroatoms. The maximum Gasteiger partial charge on any atom is 0.263 e. The molecule has 29 heavy (non-hydrogen) atoms. The van der Waals surface area contributed by atoms with E-state index in [0.29, 0.717) is 23.6 Å². The van der Waals surface area contributed by atoms with Gasteiger partial charge in [0.1, 0.15) is 4.83 Å². The van der Waals surface area contributed by atoms with Crippen molar-refractivity contribution in [3.8, 4) is 0 Å². The van der Waals surface area contributed by atoms with Gasteiger partial charge in [-0.25, -0.2) is 4.98 Å². The van der Waals surface area contributed by atoms with Crippen LogP contribution < -0.4 is 10.9 Å². The fraction of sp³-hybridized carbons (Fsp3) is 0.318. The molecule has 3 aromatic rings. The molecule has 1 aromatic carbocycles. The molecule has 0 saturated carbocycles. The summed E-state index contributed by atoms with van der Waals surface area (Å²) in [7, 11) is 0. The van der Waals surface area contributed by atoms with E-state index in [1.807, 2.05) is 32.0 Å². The highest BCUT2D eigenvalue weighted by Gasteiger charge is 2.17. The minimum absolute atomic E-state index is 0.0719. The number of thiophene rings is 1. The van der Waals surface area contributed by atoms with Gasteiger partial charge in [-0.05, 0) is 30.9 Å². The van der Waals surface area contributed by atoms with Gasteiger partial charge >= 0.3 is 0 Å². The molecule has 0 spiro atoms. The Morgan fingerprint density at radius 1 is 1.34 bits per heavy atom. The highest BCUT2D eigenvalue weighted by atomic mass is 32.2. The Hall–Kier alpha value is -2.38. The molecule has 2 heterocycles. The van der Waals surface area contributed by atoms with Gasteiger partial charge in [-0.15, -0.1) is 17.9 Å². The van der Waals surface area contributed by atoms with Crippen molar-refractivity contribution in [1.82, 2.24) is 14.9 Å². The van der Waals surface area contributed by atoms with E-state index in [1.54, 1.807) is 10.6 Å². The summed E-state index contributed by atoms with van der Waals surface area (Å²) in [5, 5.41) is 4.19. The second kappa shape index (κ2) is 9.41. The van der Waals surface area contributed by atoms with Crippen LogP contribution in [0.1, 0.15) is 28.8 Å². The number of benzene rings is 1. The van der Waals surface area contributed by atoms with Gasteiger partial charge in [0.2, 0.25) is 5.91 Å². The average molecular weight is 428 g/mol. The minimum atomic E-state index is -0.0733. The molecule has 1 amide bonds. The molecule has 0 aliphatic carbocycles. The first-order valence-corrected chi connectivity index (χ1v) is 11.3. The van der Waals surface area contributed by atoms with E-state index in [-0.39, 0.29) is 23.1 Å². The van der Waals surface area contributed by atoms with Crippen molar-refractivity contribution < 1.29 is 4.79 Å². The quantitative estimate of drug-likeness (QED) is 0.331. The zero-order valence-electron chi connectivity index (χ0n) is 16.9. The van der Waals surface area contributed by atoms with Gasteiger partial charge in [0, 0.05) is 18.0 Å². The molecule has 0 bridgehead atoms. The Kier molecular flexibility index (Phi) is 6.92. The van der Waals surface area contributed by atoms with Crippen molar-refractivity contribution in [3.63, 3.8) is 0 Å². The maximum absolute atomic E-state index is 13.0. The van der Waals surface area contributed by atoms with Crippen molar-refractivity contribution >= 4 is 39.2 Å². The number of thioether (sulfide) groups is 1. The largest absolute Gasteiger partial charge is 0.355 e. The first-order valence-electron chi connectivity index (χ1n) is 9.48.